The highest BCUT2D eigenvalue weighted by Crippen LogP contribution is 2.30. The van der Waals surface area contributed by atoms with Crippen LogP contribution in [-0.4, -0.2) is 42.9 Å². The molecule has 2 rings (SSSR count). The topological polar surface area (TPSA) is 70.7 Å². The third-order valence-corrected chi connectivity index (χ3v) is 5.69. The van der Waals surface area contributed by atoms with E-state index in [1.807, 2.05) is 0 Å². The second kappa shape index (κ2) is 9.90. The van der Waals surface area contributed by atoms with Gasteiger partial charge in [0, 0.05) is 32.6 Å². The van der Waals surface area contributed by atoms with Crippen molar-refractivity contribution in [2.24, 2.45) is 28.5 Å². The molecule has 5 heteroatoms. The Morgan fingerprint density at radius 1 is 1.12 bits per heavy atom. The zero-order valence-corrected chi connectivity index (χ0v) is 15.6. The summed E-state index contributed by atoms with van der Waals surface area (Å²) in [5.74, 6) is 2.91. The van der Waals surface area contributed by atoms with Gasteiger partial charge in [0.25, 0.3) is 0 Å². The number of nitrogens with two attached hydrogens (primary N) is 1. The van der Waals surface area contributed by atoms with E-state index in [4.69, 9.17) is 10.7 Å². The number of amides is 1. The monoisotopic (exact) mass is 336 g/mol. The number of carbonyl (C=O) groups excluding carboxylic acids is 1. The van der Waals surface area contributed by atoms with E-state index in [-0.39, 0.29) is 5.91 Å². The van der Waals surface area contributed by atoms with Crippen molar-refractivity contribution in [1.82, 2.24) is 10.2 Å². The highest BCUT2D eigenvalue weighted by molar-refractivity contribution is 5.80. The van der Waals surface area contributed by atoms with E-state index in [1.165, 1.54) is 32.1 Å². The number of likely N-dealkylation sites (tertiary alicyclic amines) is 1. The maximum absolute atomic E-state index is 11.2. The lowest BCUT2D eigenvalue weighted by molar-refractivity contribution is -0.119. The van der Waals surface area contributed by atoms with Crippen LogP contribution >= 0.6 is 0 Å². The maximum atomic E-state index is 11.2. The van der Waals surface area contributed by atoms with E-state index in [1.54, 1.807) is 0 Å². The fourth-order valence-electron chi connectivity index (χ4n) is 4.17. The molecule has 1 atom stereocenters. The zero-order valence-electron chi connectivity index (χ0n) is 15.6. The SMILES string of the molecule is CCNC(=NCC1CCC(CC)CC1)N1CCCC(CC(N)=O)C1. The van der Waals surface area contributed by atoms with Crippen LogP contribution in [0.2, 0.25) is 0 Å². The molecule has 0 aromatic rings. The first kappa shape index (κ1) is 19.1. The summed E-state index contributed by atoms with van der Waals surface area (Å²) >= 11 is 0. The first-order chi connectivity index (χ1) is 11.6. The predicted octanol–water partition coefficient (Wildman–Crippen LogP) is 2.76. The van der Waals surface area contributed by atoms with Gasteiger partial charge in [-0.1, -0.05) is 26.2 Å². The highest BCUT2D eigenvalue weighted by atomic mass is 16.1. The summed E-state index contributed by atoms with van der Waals surface area (Å²) in [7, 11) is 0. The quantitative estimate of drug-likeness (QED) is 0.579. The molecule has 24 heavy (non-hydrogen) atoms. The Hall–Kier alpha value is -1.26. The molecule has 1 heterocycles. The fraction of sp³-hybridized carbons (Fsp3) is 0.895. The smallest absolute Gasteiger partial charge is 0.217 e. The molecule has 5 nitrogen and oxygen atoms in total. The van der Waals surface area contributed by atoms with E-state index >= 15 is 0 Å². The Morgan fingerprint density at radius 2 is 1.83 bits per heavy atom. The Kier molecular flexibility index (Phi) is 7.86. The van der Waals surface area contributed by atoms with Gasteiger partial charge >= 0.3 is 0 Å². The van der Waals surface area contributed by atoms with Crippen molar-refractivity contribution >= 4 is 11.9 Å². The molecule has 0 aromatic carbocycles. The molecular formula is C19H36N4O. The van der Waals surface area contributed by atoms with E-state index in [0.717, 1.165) is 56.8 Å². The van der Waals surface area contributed by atoms with Gasteiger partial charge in [0.15, 0.2) is 5.96 Å². The Balaban J connectivity index is 1.89. The number of aliphatic imine (C=N–C) groups is 1. The van der Waals surface area contributed by atoms with Crippen LogP contribution in [-0.2, 0) is 4.79 Å². The van der Waals surface area contributed by atoms with Crippen molar-refractivity contribution in [2.45, 2.75) is 65.2 Å². The summed E-state index contributed by atoms with van der Waals surface area (Å²) in [4.78, 5) is 18.5. The summed E-state index contributed by atoms with van der Waals surface area (Å²) in [5, 5.41) is 3.45. The first-order valence-corrected chi connectivity index (χ1v) is 9.93. The van der Waals surface area contributed by atoms with Crippen LogP contribution in [0.5, 0.6) is 0 Å². The number of primary amides is 1. The van der Waals surface area contributed by atoms with E-state index < -0.39 is 0 Å². The molecule has 2 fully saturated rings. The third-order valence-electron chi connectivity index (χ3n) is 5.69. The molecule has 0 spiro atoms. The van der Waals surface area contributed by atoms with E-state index in [9.17, 15) is 4.79 Å². The molecule has 1 saturated heterocycles. The molecule has 0 bridgehead atoms. The van der Waals surface area contributed by atoms with Crippen LogP contribution in [0.25, 0.3) is 0 Å². The lowest BCUT2D eigenvalue weighted by Crippen LogP contribution is -2.47. The van der Waals surface area contributed by atoms with Gasteiger partial charge in [-0.2, -0.15) is 0 Å². The molecule has 3 N–H and O–H groups in total. The van der Waals surface area contributed by atoms with E-state index in [2.05, 4.69) is 24.1 Å². The normalized spacial score (nSPS) is 28.7. The second-order valence-corrected chi connectivity index (χ2v) is 7.61. The minimum Gasteiger partial charge on any atom is -0.370 e. The lowest BCUT2D eigenvalue weighted by Gasteiger charge is -2.35. The highest BCUT2D eigenvalue weighted by Gasteiger charge is 2.24. The molecule has 1 aliphatic heterocycles. The summed E-state index contributed by atoms with van der Waals surface area (Å²) in [6.07, 6.45) is 9.43. The summed E-state index contributed by atoms with van der Waals surface area (Å²) < 4.78 is 0. The molecule has 0 radical (unpaired) electrons. The molecular weight excluding hydrogens is 300 g/mol. The lowest BCUT2D eigenvalue weighted by atomic mass is 9.81. The van der Waals surface area contributed by atoms with Gasteiger partial charge in [-0.15, -0.1) is 0 Å². The largest absolute Gasteiger partial charge is 0.370 e. The van der Waals surface area contributed by atoms with Gasteiger partial charge in [0.1, 0.15) is 0 Å². The Labute approximate surface area is 147 Å². The standard InChI is InChI=1S/C19H36N4O/c1-3-15-7-9-16(10-8-15)13-22-19(21-4-2)23-11-5-6-17(14-23)12-18(20)24/h15-17H,3-14H2,1-2H3,(H2,20,24)(H,21,22). The zero-order chi connectivity index (χ0) is 17.4. The number of nitrogens with zero attached hydrogens (tertiary/aromatic N) is 2. The number of hydrogen-bond donors (Lipinski definition) is 2. The van der Waals surface area contributed by atoms with Crippen molar-refractivity contribution in [2.75, 3.05) is 26.2 Å². The van der Waals surface area contributed by atoms with Gasteiger partial charge in [-0.05, 0) is 50.4 Å². The van der Waals surface area contributed by atoms with Gasteiger partial charge in [-0.3, -0.25) is 9.79 Å². The summed E-state index contributed by atoms with van der Waals surface area (Å²) in [6, 6.07) is 0. The van der Waals surface area contributed by atoms with Gasteiger partial charge < -0.3 is 16.0 Å². The van der Waals surface area contributed by atoms with Crippen LogP contribution in [0.1, 0.15) is 65.2 Å². The van der Waals surface area contributed by atoms with Crippen LogP contribution in [0.15, 0.2) is 4.99 Å². The number of hydrogen-bond acceptors (Lipinski definition) is 2. The Bertz CT molecular complexity index is 416. The van der Waals surface area contributed by atoms with Crippen molar-refractivity contribution in [3.63, 3.8) is 0 Å². The van der Waals surface area contributed by atoms with Crippen LogP contribution < -0.4 is 11.1 Å². The molecule has 1 unspecified atom stereocenters. The maximum Gasteiger partial charge on any atom is 0.217 e. The van der Waals surface area contributed by atoms with Crippen molar-refractivity contribution in [3.05, 3.63) is 0 Å². The summed E-state index contributed by atoms with van der Waals surface area (Å²) in [6.45, 7) is 8.19. The fourth-order valence-corrected chi connectivity index (χ4v) is 4.17. The number of guanidine groups is 1. The second-order valence-electron chi connectivity index (χ2n) is 7.61. The minimum atomic E-state index is -0.184. The molecule has 1 amide bonds. The third kappa shape index (κ3) is 5.99. The first-order valence-electron chi connectivity index (χ1n) is 9.93. The minimum absolute atomic E-state index is 0.184. The molecule has 2 aliphatic rings. The predicted molar refractivity (Wildman–Crippen MR) is 99.8 cm³/mol. The summed E-state index contributed by atoms with van der Waals surface area (Å²) in [5.41, 5.74) is 5.38. The molecule has 1 aliphatic carbocycles. The number of piperidine rings is 1. The average molecular weight is 337 g/mol. The van der Waals surface area contributed by atoms with Crippen LogP contribution in [0.3, 0.4) is 0 Å². The average Bonchev–Trinajstić information content (AvgIpc) is 2.58. The van der Waals surface area contributed by atoms with Crippen molar-refractivity contribution in [1.29, 1.82) is 0 Å². The van der Waals surface area contributed by atoms with Crippen molar-refractivity contribution < 1.29 is 4.79 Å². The van der Waals surface area contributed by atoms with Crippen LogP contribution in [0.4, 0.5) is 0 Å². The molecule has 1 saturated carbocycles. The van der Waals surface area contributed by atoms with Gasteiger partial charge in [0.2, 0.25) is 5.91 Å². The Morgan fingerprint density at radius 3 is 2.46 bits per heavy atom. The number of rotatable bonds is 6. The van der Waals surface area contributed by atoms with E-state index in [0.29, 0.717) is 12.3 Å². The number of nitrogens with one attached hydrogen (secondary N) is 1. The van der Waals surface area contributed by atoms with Crippen LogP contribution in [0, 0.1) is 17.8 Å². The molecule has 0 aromatic heterocycles. The molecule has 138 valence electrons. The van der Waals surface area contributed by atoms with Gasteiger partial charge in [0.05, 0.1) is 0 Å². The van der Waals surface area contributed by atoms with Gasteiger partial charge in [-0.25, -0.2) is 0 Å². The number of carbonyl (C=O) groups is 1. The van der Waals surface area contributed by atoms with Crippen molar-refractivity contribution in [3.8, 4) is 0 Å².